The van der Waals surface area contributed by atoms with Crippen molar-refractivity contribution < 1.29 is 5.11 Å². The number of thiazole rings is 1. The maximum atomic E-state index is 9.17. The molecule has 5 heteroatoms. The van der Waals surface area contributed by atoms with E-state index >= 15 is 0 Å². The minimum Gasteiger partial charge on any atom is -0.397 e. The largest absolute Gasteiger partial charge is 0.397 e. The molecule has 0 fully saturated rings. The monoisotopic (exact) mass is 279 g/mol. The Kier molecular flexibility index (Phi) is 3.96. The molecule has 0 radical (unpaired) electrons. The minimum atomic E-state index is -0.151. The van der Waals surface area contributed by atoms with Crippen molar-refractivity contribution in [1.82, 2.24) is 4.98 Å². The summed E-state index contributed by atoms with van der Waals surface area (Å²) in [6.07, 6.45) is 1.61. The highest BCUT2D eigenvalue weighted by Crippen LogP contribution is 2.32. The van der Waals surface area contributed by atoms with Crippen molar-refractivity contribution in [2.24, 2.45) is 0 Å². The van der Waals surface area contributed by atoms with Crippen LogP contribution >= 0.6 is 11.3 Å². The van der Waals surface area contributed by atoms with Gasteiger partial charge in [0.05, 0.1) is 26.6 Å². The summed E-state index contributed by atoms with van der Waals surface area (Å²) in [6, 6.07) is 3.97. The fourth-order valence-corrected chi connectivity index (χ4v) is 2.97. The Labute approximate surface area is 117 Å². The molecule has 2 aromatic rings. The predicted octanol–water partition coefficient (Wildman–Crippen LogP) is 3.15. The number of benzene rings is 1. The Hall–Kier alpha value is -1.33. The van der Waals surface area contributed by atoms with Crippen LogP contribution in [0.4, 0.5) is 11.4 Å². The number of aliphatic hydroxyl groups is 1. The van der Waals surface area contributed by atoms with E-state index in [4.69, 9.17) is 5.73 Å². The lowest BCUT2D eigenvalue weighted by molar-refractivity contribution is 0.252. The lowest BCUT2D eigenvalue weighted by Crippen LogP contribution is -2.35. The third kappa shape index (κ3) is 2.98. The van der Waals surface area contributed by atoms with Gasteiger partial charge < -0.3 is 16.2 Å². The first-order valence-corrected chi connectivity index (χ1v) is 7.35. The second kappa shape index (κ2) is 5.35. The minimum absolute atomic E-state index is 0.151. The summed E-state index contributed by atoms with van der Waals surface area (Å²) in [5, 5.41) is 13.7. The van der Waals surface area contributed by atoms with Crippen molar-refractivity contribution in [3.63, 3.8) is 0 Å². The van der Waals surface area contributed by atoms with Crippen molar-refractivity contribution in [2.45, 2.75) is 39.2 Å². The first-order valence-electron chi connectivity index (χ1n) is 6.53. The number of anilines is 2. The number of aryl methyl sites for hydroxylation is 1. The van der Waals surface area contributed by atoms with Gasteiger partial charge in [0.2, 0.25) is 0 Å². The van der Waals surface area contributed by atoms with Gasteiger partial charge in [-0.1, -0.05) is 6.92 Å². The molecule has 104 valence electrons. The molecule has 0 saturated heterocycles. The number of fused-ring (bicyclic) bond motifs is 1. The molecule has 1 heterocycles. The standard InChI is InChI=1S/C14H21N3OS/c1-4-14(3,5-6-18)17-11-8-12-13(7-10(11)15)19-9(2)16-12/h7-8,17-18H,4-6,15H2,1-3H3. The number of nitrogens with one attached hydrogen (secondary N) is 1. The van der Waals surface area contributed by atoms with E-state index in [-0.39, 0.29) is 12.1 Å². The van der Waals surface area contributed by atoms with Crippen LogP contribution < -0.4 is 11.1 Å². The van der Waals surface area contributed by atoms with E-state index in [0.29, 0.717) is 6.42 Å². The van der Waals surface area contributed by atoms with E-state index in [1.165, 1.54) is 0 Å². The molecular formula is C14H21N3OS. The van der Waals surface area contributed by atoms with Gasteiger partial charge in [0.15, 0.2) is 0 Å². The number of nitrogens with two attached hydrogens (primary N) is 1. The van der Waals surface area contributed by atoms with Crippen molar-refractivity contribution in [1.29, 1.82) is 0 Å². The second-order valence-corrected chi connectivity index (χ2v) is 6.39. The number of nitrogen functional groups attached to an aromatic ring is 1. The number of rotatable bonds is 5. The SMILES string of the molecule is CCC(C)(CCO)Nc1cc2nc(C)sc2cc1N. The Balaban J connectivity index is 2.36. The van der Waals surface area contributed by atoms with E-state index in [1.807, 2.05) is 19.1 Å². The predicted molar refractivity (Wildman–Crippen MR) is 82.8 cm³/mol. The van der Waals surface area contributed by atoms with Crippen LogP contribution in [0, 0.1) is 6.92 Å². The van der Waals surface area contributed by atoms with Crippen molar-refractivity contribution in [3.05, 3.63) is 17.1 Å². The first-order chi connectivity index (χ1) is 8.97. The molecule has 0 aliphatic carbocycles. The van der Waals surface area contributed by atoms with E-state index < -0.39 is 0 Å². The molecule has 2 rings (SSSR count). The second-order valence-electron chi connectivity index (χ2n) is 5.15. The maximum Gasteiger partial charge on any atom is 0.0907 e. The lowest BCUT2D eigenvalue weighted by Gasteiger charge is -2.30. The zero-order valence-corrected chi connectivity index (χ0v) is 12.5. The summed E-state index contributed by atoms with van der Waals surface area (Å²) >= 11 is 1.65. The van der Waals surface area contributed by atoms with Crippen molar-refractivity contribution >= 4 is 32.9 Å². The Morgan fingerprint density at radius 2 is 2.21 bits per heavy atom. The van der Waals surface area contributed by atoms with Gasteiger partial charge in [-0.15, -0.1) is 11.3 Å². The third-order valence-electron chi connectivity index (χ3n) is 3.55. The van der Waals surface area contributed by atoms with Gasteiger partial charge in [-0.05, 0) is 38.8 Å². The maximum absolute atomic E-state index is 9.17. The first kappa shape index (κ1) is 14.1. The van der Waals surface area contributed by atoms with Crippen LogP contribution in [-0.2, 0) is 0 Å². The van der Waals surface area contributed by atoms with Crippen molar-refractivity contribution in [3.8, 4) is 0 Å². The Morgan fingerprint density at radius 1 is 1.47 bits per heavy atom. The number of aromatic nitrogens is 1. The zero-order chi connectivity index (χ0) is 14.0. The normalized spacial score (nSPS) is 14.5. The molecule has 0 aliphatic rings. The van der Waals surface area contributed by atoms with Gasteiger partial charge in [-0.3, -0.25) is 0 Å². The lowest BCUT2D eigenvalue weighted by atomic mass is 9.94. The molecule has 0 bridgehead atoms. The molecule has 4 nitrogen and oxygen atoms in total. The van der Waals surface area contributed by atoms with Gasteiger partial charge in [-0.2, -0.15) is 0 Å². The van der Waals surface area contributed by atoms with Crippen LogP contribution in [0.15, 0.2) is 12.1 Å². The zero-order valence-electron chi connectivity index (χ0n) is 11.7. The molecule has 19 heavy (non-hydrogen) atoms. The fraction of sp³-hybridized carbons (Fsp3) is 0.500. The number of aliphatic hydroxyl groups excluding tert-OH is 1. The number of nitrogens with zero attached hydrogens (tertiary/aromatic N) is 1. The Bertz CT molecular complexity index is 581. The summed E-state index contributed by atoms with van der Waals surface area (Å²) < 4.78 is 1.11. The van der Waals surface area contributed by atoms with Crippen molar-refractivity contribution in [2.75, 3.05) is 17.7 Å². The molecule has 4 N–H and O–H groups in total. The molecule has 0 aliphatic heterocycles. The quantitative estimate of drug-likeness (QED) is 0.735. The molecule has 1 aromatic heterocycles. The molecule has 0 saturated carbocycles. The average Bonchev–Trinajstić information content (AvgIpc) is 2.69. The highest BCUT2D eigenvalue weighted by molar-refractivity contribution is 7.18. The van der Waals surface area contributed by atoms with Crippen LogP contribution in [0.3, 0.4) is 0 Å². The summed E-state index contributed by atoms with van der Waals surface area (Å²) in [5.41, 5.74) is 8.56. The van der Waals surface area contributed by atoms with E-state index in [0.717, 1.165) is 33.0 Å². The van der Waals surface area contributed by atoms with Crippen LogP contribution in [0.5, 0.6) is 0 Å². The van der Waals surface area contributed by atoms with Crippen LogP contribution in [-0.4, -0.2) is 22.2 Å². The molecular weight excluding hydrogens is 258 g/mol. The van der Waals surface area contributed by atoms with Gasteiger partial charge in [0.25, 0.3) is 0 Å². The molecule has 1 aromatic carbocycles. The summed E-state index contributed by atoms with van der Waals surface area (Å²) in [4.78, 5) is 4.49. The van der Waals surface area contributed by atoms with Crippen LogP contribution in [0.1, 0.15) is 31.7 Å². The van der Waals surface area contributed by atoms with Crippen LogP contribution in [0.25, 0.3) is 10.2 Å². The molecule has 1 atom stereocenters. The van der Waals surface area contributed by atoms with Gasteiger partial charge in [0, 0.05) is 12.1 Å². The van der Waals surface area contributed by atoms with E-state index in [1.54, 1.807) is 11.3 Å². The van der Waals surface area contributed by atoms with Crippen LogP contribution in [0.2, 0.25) is 0 Å². The summed E-state index contributed by atoms with van der Waals surface area (Å²) in [5.74, 6) is 0. The number of hydrogen-bond acceptors (Lipinski definition) is 5. The number of hydrogen-bond donors (Lipinski definition) is 3. The highest BCUT2D eigenvalue weighted by atomic mass is 32.1. The van der Waals surface area contributed by atoms with E-state index in [9.17, 15) is 5.11 Å². The Morgan fingerprint density at radius 3 is 2.84 bits per heavy atom. The topological polar surface area (TPSA) is 71.2 Å². The highest BCUT2D eigenvalue weighted by Gasteiger charge is 2.22. The fourth-order valence-electron chi connectivity index (χ4n) is 2.11. The van der Waals surface area contributed by atoms with E-state index in [2.05, 4.69) is 24.1 Å². The summed E-state index contributed by atoms with van der Waals surface area (Å²) in [6.45, 7) is 6.36. The van der Waals surface area contributed by atoms with Gasteiger partial charge >= 0.3 is 0 Å². The smallest absolute Gasteiger partial charge is 0.0907 e. The third-order valence-corrected chi connectivity index (χ3v) is 4.48. The average molecular weight is 279 g/mol. The molecule has 1 unspecified atom stereocenters. The summed E-state index contributed by atoms with van der Waals surface area (Å²) in [7, 11) is 0. The van der Waals surface area contributed by atoms with Gasteiger partial charge in [0.1, 0.15) is 0 Å². The molecule has 0 spiro atoms. The molecule has 0 amide bonds. The van der Waals surface area contributed by atoms with Gasteiger partial charge in [-0.25, -0.2) is 4.98 Å².